The predicted octanol–water partition coefficient (Wildman–Crippen LogP) is 7.37. The fraction of sp³-hybridized carbons (Fsp3) is 0.120. The first-order valence-electron chi connectivity index (χ1n) is 9.98. The van der Waals surface area contributed by atoms with Crippen molar-refractivity contribution in [2.75, 3.05) is 0 Å². The molecule has 0 unspecified atom stereocenters. The number of thioether (sulfide) groups is 1. The second-order valence-corrected chi connectivity index (χ2v) is 9.68. The van der Waals surface area contributed by atoms with Crippen LogP contribution in [0.4, 0.5) is 9.18 Å². The van der Waals surface area contributed by atoms with Crippen LogP contribution in [0.2, 0.25) is 5.02 Å². The molecule has 4 rings (SSSR count). The lowest BCUT2D eigenvalue weighted by Crippen LogP contribution is -2.27. The highest BCUT2D eigenvalue weighted by atomic mass is 79.9. The van der Waals surface area contributed by atoms with E-state index in [4.69, 9.17) is 16.3 Å². The maximum absolute atomic E-state index is 14.1. The number of ether oxygens (including phenoxy) is 1. The van der Waals surface area contributed by atoms with Gasteiger partial charge in [0.05, 0.1) is 16.5 Å². The molecule has 0 saturated carbocycles. The van der Waals surface area contributed by atoms with Crippen molar-refractivity contribution in [3.63, 3.8) is 0 Å². The summed E-state index contributed by atoms with van der Waals surface area (Å²) in [6.07, 6.45) is 1.62. The fourth-order valence-electron chi connectivity index (χ4n) is 3.32. The van der Waals surface area contributed by atoms with Gasteiger partial charge >= 0.3 is 0 Å². The molecule has 1 heterocycles. The highest BCUT2D eigenvalue weighted by Gasteiger charge is 2.35. The zero-order chi connectivity index (χ0) is 23.5. The van der Waals surface area contributed by atoms with Gasteiger partial charge in [0, 0.05) is 15.6 Å². The maximum atomic E-state index is 14.1. The Hall–Kier alpha value is -2.61. The van der Waals surface area contributed by atoms with Gasteiger partial charge in [0.2, 0.25) is 0 Å². The van der Waals surface area contributed by atoms with Crippen LogP contribution in [-0.2, 0) is 17.9 Å². The Balaban J connectivity index is 1.58. The highest BCUT2D eigenvalue weighted by Crippen LogP contribution is 2.36. The summed E-state index contributed by atoms with van der Waals surface area (Å²) in [5, 5.41) is -0.0592. The van der Waals surface area contributed by atoms with Crippen molar-refractivity contribution in [2.24, 2.45) is 0 Å². The van der Waals surface area contributed by atoms with Crippen LogP contribution in [0.3, 0.4) is 0 Å². The van der Waals surface area contributed by atoms with Crippen molar-refractivity contribution in [2.45, 2.75) is 20.1 Å². The summed E-state index contributed by atoms with van der Waals surface area (Å²) in [6.45, 7) is 2.07. The van der Waals surface area contributed by atoms with Crippen molar-refractivity contribution < 1.29 is 18.7 Å². The van der Waals surface area contributed by atoms with E-state index in [0.29, 0.717) is 16.2 Å². The fourth-order valence-corrected chi connectivity index (χ4v) is 4.74. The van der Waals surface area contributed by atoms with Gasteiger partial charge in [-0.1, -0.05) is 57.9 Å². The minimum Gasteiger partial charge on any atom is -0.488 e. The number of amides is 2. The summed E-state index contributed by atoms with van der Waals surface area (Å²) in [5.74, 6) is -0.391. The number of imide groups is 1. The molecule has 168 valence electrons. The topological polar surface area (TPSA) is 46.6 Å². The minimum absolute atomic E-state index is 0.0806. The predicted molar refractivity (Wildman–Crippen MR) is 133 cm³/mol. The molecule has 3 aromatic carbocycles. The van der Waals surface area contributed by atoms with E-state index in [-0.39, 0.29) is 34.9 Å². The third-order valence-corrected chi connectivity index (χ3v) is 6.91. The van der Waals surface area contributed by atoms with E-state index in [0.717, 1.165) is 27.4 Å². The number of nitrogens with zero attached hydrogens (tertiary/aromatic N) is 1. The summed E-state index contributed by atoms with van der Waals surface area (Å²) in [4.78, 5) is 27.1. The van der Waals surface area contributed by atoms with Crippen LogP contribution in [0, 0.1) is 12.7 Å². The standard InChI is InChI=1S/C25H18BrClFNO3S/c1-15-5-2-3-6-16(15)13-29-24(30)23(33-25(29)31)12-17-11-18(26)9-10-22(17)32-14-19-20(27)7-4-8-21(19)28/h2-12H,13-14H2,1H3/b23-12-. The van der Waals surface area contributed by atoms with Crippen LogP contribution in [0.1, 0.15) is 22.3 Å². The van der Waals surface area contributed by atoms with Gasteiger partial charge in [0.15, 0.2) is 0 Å². The summed E-state index contributed by atoms with van der Waals surface area (Å²) in [6, 6.07) is 17.3. The number of carbonyl (C=O) groups is 2. The van der Waals surface area contributed by atoms with E-state index in [2.05, 4.69) is 15.9 Å². The number of hydrogen-bond donors (Lipinski definition) is 0. The van der Waals surface area contributed by atoms with Crippen LogP contribution >= 0.6 is 39.3 Å². The largest absolute Gasteiger partial charge is 0.488 e. The van der Waals surface area contributed by atoms with Crippen LogP contribution in [-0.4, -0.2) is 16.0 Å². The van der Waals surface area contributed by atoms with Crippen LogP contribution in [0.25, 0.3) is 6.08 Å². The molecule has 1 aliphatic rings. The number of carbonyl (C=O) groups excluding carboxylic acids is 2. The summed E-state index contributed by atoms with van der Waals surface area (Å²) in [7, 11) is 0. The van der Waals surface area contributed by atoms with Crippen LogP contribution < -0.4 is 4.74 Å². The molecule has 1 saturated heterocycles. The summed E-state index contributed by atoms with van der Waals surface area (Å²) < 4.78 is 20.7. The van der Waals surface area contributed by atoms with Gasteiger partial charge in [-0.05, 0) is 66.2 Å². The maximum Gasteiger partial charge on any atom is 0.293 e. The first-order valence-corrected chi connectivity index (χ1v) is 12.0. The third-order valence-electron chi connectivity index (χ3n) is 5.16. The average molecular weight is 547 g/mol. The quantitative estimate of drug-likeness (QED) is 0.303. The Morgan fingerprint density at radius 2 is 1.91 bits per heavy atom. The number of hydrogen-bond acceptors (Lipinski definition) is 4. The van der Waals surface area contributed by atoms with Crippen LogP contribution in [0.5, 0.6) is 5.75 Å². The van der Waals surface area contributed by atoms with E-state index in [1.54, 1.807) is 30.3 Å². The van der Waals surface area contributed by atoms with E-state index in [9.17, 15) is 14.0 Å². The second-order valence-electron chi connectivity index (χ2n) is 7.37. The number of aryl methyl sites for hydroxylation is 1. The highest BCUT2D eigenvalue weighted by molar-refractivity contribution is 9.10. The molecule has 8 heteroatoms. The SMILES string of the molecule is Cc1ccccc1CN1C(=O)S/C(=C\c2cc(Br)ccc2OCc2c(F)cccc2Cl)C1=O. The Morgan fingerprint density at radius 3 is 2.67 bits per heavy atom. The van der Waals surface area contributed by atoms with Gasteiger partial charge in [-0.3, -0.25) is 14.5 Å². The minimum atomic E-state index is -0.460. The first kappa shape index (κ1) is 23.5. The van der Waals surface area contributed by atoms with Crippen molar-refractivity contribution in [3.8, 4) is 5.75 Å². The number of rotatable bonds is 6. The molecule has 2 amide bonds. The van der Waals surface area contributed by atoms with Crippen molar-refractivity contribution in [1.82, 2.24) is 4.90 Å². The molecule has 0 bridgehead atoms. The summed E-state index contributed by atoms with van der Waals surface area (Å²) in [5.41, 5.74) is 2.74. The van der Waals surface area contributed by atoms with E-state index < -0.39 is 5.82 Å². The third kappa shape index (κ3) is 5.32. The molecule has 0 N–H and O–H groups in total. The van der Waals surface area contributed by atoms with Gasteiger partial charge in [-0.25, -0.2) is 4.39 Å². The molecule has 0 radical (unpaired) electrons. The molecular formula is C25H18BrClFNO3S. The lowest BCUT2D eigenvalue weighted by Gasteiger charge is -2.14. The molecule has 0 aromatic heterocycles. The van der Waals surface area contributed by atoms with Gasteiger partial charge < -0.3 is 4.74 Å². The zero-order valence-corrected chi connectivity index (χ0v) is 20.6. The van der Waals surface area contributed by atoms with Gasteiger partial charge in [-0.15, -0.1) is 0 Å². The van der Waals surface area contributed by atoms with Crippen molar-refractivity contribution in [3.05, 3.63) is 103 Å². The van der Waals surface area contributed by atoms with Crippen molar-refractivity contribution in [1.29, 1.82) is 0 Å². The number of benzene rings is 3. The molecule has 1 aliphatic heterocycles. The molecule has 4 nitrogen and oxygen atoms in total. The molecule has 0 aliphatic carbocycles. The lowest BCUT2D eigenvalue weighted by molar-refractivity contribution is -0.123. The normalized spacial score (nSPS) is 14.9. The number of halogens is 3. The summed E-state index contributed by atoms with van der Waals surface area (Å²) >= 11 is 10.4. The zero-order valence-electron chi connectivity index (χ0n) is 17.5. The van der Waals surface area contributed by atoms with E-state index in [1.807, 2.05) is 31.2 Å². The van der Waals surface area contributed by atoms with Gasteiger partial charge in [-0.2, -0.15) is 0 Å². The van der Waals surface area contributed by atoms with Gasteiger partial charge in [0.1, 0.15) is 18.2 Å². The Bertz CT molecular complexity index is 1260. The molecule has 0 spiro atoms. The van der Waals surface area contributed by atoms with Crippen molar-refractivity contribution >= 4 is 56.5 Å². The average Bonchev–Trinajstić information content (AvgIpc) is 3.03. The first-order chi connectivity index (χ1) is 15.8. The second kappa shape index (κ2) is 10.1. The van der Waals surface area contributed by atoms with E-state index >= 15 is 0 Å². The monoisotopic (exact) mass is 545 g/mol. The molecule has 1 fully saturated rings. The van der Waals surface area contributed by atoms with Crippen LogP contribution in [0.15, 0.2) is 70.0 Å². The molecule has 0 atom stereocenters. The molecule has 33 heavy (non-hydrogen) atoms. The molecule has 3 aromatic rings. The van der Waals surface area contributed by atoms with Gasteiger partial charge in [0.25, 0.3) is 11.1 Å². The Kier molecular flexibility index (Phi) is 7.22. The van der Waals surface area contributed by atoms with E-state index in [1.165, 1.54) is 17.0 Å². The smallest absolute Gasteiger partial charge is 0.293 e. The Labute approximate surface area is 208 Å². The molecular weight excluding hydrogens is 529 g/mol. The lowest BCUT2D eigenvalue weighted by atomic mass is 10.1. The Morgan fingerprint density at radius 1 is 1.12 bits per heavy atom.